The lowest BCUT2D eigenvalue weighted by atomic mass is 10.1. The van der Waals surface area contributed by atoms with Crippen molar-refractivity contribution >= 4 is 34.8 Å². The van der Waals surface area contributed by atoms with Crippen LogP contribution in [0.4, 0.5) is 17.1 Å². The van der Waals surface area contributed by atoms with Crippen molar-refractivity contribution in [2.45, 2.75) is 6.42 Å². The van der Waals surface area contributed by atoms with E-state index in [1.54, 1.807) is 43.5 Å². The minimum Gasteiger partial charge on any atom is -0.493 e. The van der Waals surface area contributed by atoms with Crippen LogP contribution < -0.4 is 19.7 Å². The Kier molecular flexibility index (Phi) is 7.62. The number of carbonyl (C=O) groups is 3. The maximum atomic E-state index is 12.6. The highest BCUT2D eigenvalue weighted by Crippen LogP contribution is 2.33. The number of methoxy groups -OCH3 is 1. The Morgan fingerprint density at radius 1 is 1.05 bits per heavy atom. The maximum absolute atomic E-state index is 12.6. The van der Waals surface area contributed by atoms with Gasteiger partial charge in [0, 0.05) is 36.5 Å². The van der Waals surface area contributed by atoms with Crippen molar-refractivity contribution < 1.29 is 33.5 Å². The molecular weight excluding hydrogens is 482 g/mol. The summed E-state index contributed by atoms with van der Waals surface area (Å²) >= 11 is 0. The van der Waals surface area contributed by atoms with Crippen LogP contribution in [-0.2, 0) is 19.1 Å². The van der Waals surface area contributed by atoms with E-state index in [9.17, 15) is 24.5 Å². The van der Waals surface area contributed by atoms with Crippen molar-refractivity contribution in [1.29, 1.82) is 0 Å². The number of nitrogens with zero attached hydrogens (tertiary/aromatic N) is 2. The molecule has 1 saturated heterocycles. The maximum Gasteiger partial charge on any atom is 0.311 e. The Labute approximate surface area is 211 Å². The summed E-state index contributed by atoms with van der Waals surface area (Å²) < 4.78 is 16.2. The van der Waals surface area contributed by atoms with Crippen molar-refractivity contribution in [2.24, 2.45) is 5.92 Å². The molecule has 0 unspecified atom stereocenters. The number of amides is 2. The first-order valence-corrected chi connectivity index (χ1v) is 11.3. The molecular formula is C26H23N3O8. The van der Waals surface area contributed by atoms with Crippen LogP contribution in [0.1, 0.15) is 6.42 Å². The number of nitro groups is 1. The Hall–Kier alpha value is -4.93. The van der Waals surface area contributed by atoms with E-state index >= 15 is 0 Å². The third kappa shape index (κ3) is 6.20. The highest BCUT2D eigenvalue weighted by Gasteiger charge is 2.36. The zero-order chi connectivity index (χ0) is 26.4. The number of nitrogens with one attached hydrogen (secondary N) is 1. The van der Waals surface area contributed by atoms with E-state index in [2.05, 4.69) is 5.32 Å². The highest BCUT2D eigenvalue weighted by atomic mass is 16.6. The minimum absolute atomic E-state index is 0.0508. The van der Waals surface area contributed by atoms with Crippen LogP contribution in [0.2, 0.25) is 0 Å². The van der Waals surface area contributed by atoms with Gasteiger partial charge in [-0.25, -0.2) is 0 Å². The fourth-order valence-electron chi connectivity index (χ4n) is 3.79. The highest BCUT2D eigenvalue weighted by molar-refractivity contribution is 6.00. The largest absolute Gasteiger partial charge is 0.493 e. The second-order valence-electron chi connectivity index (χ2n) is 8.12. The van der Waals surface area contributed by atoms with E-state index in [-0.39, 0.29) is 30.2 Å². The average molecular weight is 505 g/mol. The molecule has 1 N–H and O–H groups in total. The van der Waals surface area contributed by atoms with Crippen molar-refractivity contribution in [3.05, 3.63) is 82.9 Å². The summed E-state index contributed by atoms with van der Waals surface area (Å²) in [6.45, 7) is -0.474. The van der Waals surface area contributed by atoms with E-state index < -0.39 is 29.3 Å². The molecule has 1 fully saturated rings. The Morgan fingerprint density at radius 2 is 1.78 bits per heavy atom. The molecule has 0 radical (unpaired) electrons. The van der Waals surface area contributed by atoms with E-state index in [4.69, 9.17) is 14.2 Å². The van der Waals surface area contributed by atoms with Crippen LogP contribution in [0.15, 0.2) is 72.8 Å². The molecule has 190 valence electrons. The zero-order valence-electron chi connectivity index (χ0n) is 19.8. The molecule has 1 aliphatic heterocycles. The van der Waals surface area contributed by atoms with Gasteiger partial charge in [-0.3, -0.25) is 24.5 Å². The SMILES string of the molecule is COc1ccccc1Oc1ccc(N2C[C@@H](C(=O)OCC(=O)Nc3cccc([N+](=O)[O-])c3)CC2=O)cc1. The van der Waals surface area contributed by atoms with Crippen LogP contribution in [-0.4, -0.2) is 43.0 Å². The van der Waals surface area contributed by atoms with Gasteiger partial charge in [-0.2, -0.15) is 0 Å². The summed E-state index contributed by atoms with van der Waals surface area (Å²) in [7, 11) is 1.55. The summed E-state index contributed by atoms with van der Waals surface area (Å²) in [5.74, 6) is -0.634. The number of anilines is 2. The monoisotopic (exact) mass is 505 g/mol. The molecule has 1 atom stereocenters. The number of hydrogen-bond donors (Lipinski definition) is 1. The van der Waals surface area contributed by atoms with Gasteiger partial charge >= 0.3 is 5.97 Å². The van der Waals surface area contributed by atoms with Crippen LogP contribution in [0.5, 0.6) is 17.2 Å². The predicted molar refractivity (Wildman–Crippen MR) is 133 cm³/mol. The van der Waals surface area contributed by atoms with Gasteiger partial charge in [-0.05, 0) is 42.5 Å². The number of hydrogen-bond acceptors (Lipinski definition) is 8. The molecule has 1 heterocycles. The van der Waals surface area contributed by atoms with Gasteiger partial charge in [0.05, 0.1) is 18.0 Å². The molecule has 0 bridgehead atoms. The fourth-order valence-corrected chi connectivity index (χ4v) is 3.79. The Morgan fingerprint density at radius 3 is 2.49 bits per heavy atom. The lowest BCUT2D eigenvalue weighted by Crippen LogP contribution is -2.28. The molecule has 0 aliphatic carbocycles. The molecule has 2 amide bonds. The molecule has 3 aromatic rings. The number of carbonyl (C=O) groups excluding carboxylic acids is 3. The minimum atomic E-state index is -0.734. The molecule has 1 aliphatic rings. The summed E-state index contributed by atoms with van der Waals surface area (Å²) in [4.78, 5) is 48.9. The van der Waals surface area contributed by atoms with Crippen molar-refractivity contribution in [3.63, 3.8) is 0 Å². The summed E-state index contributed by atoms with van der Waals surface area (Å²) in [5.41, 5.74) is 0.616. The normalized spacial score (nSPS) is 14.7. The van der Waals surface area contributed by atoms with Gasteiger partial charge in [0.15, 0.2) is 18.1 Å². The lowest BCUT2D eigenvalue weighted by Gasteiger charge is -2.17. The molecule has 3 aromatic carbocycles. The number of non-ortho nitro benzene ring substituents is 1. The third-order valence-electron chi connectivity index (χ3n) is 5.59. The Balaban J connectivity index is 1.30. The molecule has 37 heavy (non-hydrogen) atoms. The van der Waals surface area contributed by atoms with Gasteiger partial charge in [0.1, 0.15) is 5.75 Å². The summed E-state index contributed by atoms with van der Waals surface area (Å²) in [6.07, 6.45) is -0.0508. The molecule has 0 spiro atoms. The van der Waals surface area contributed by atoms with Crippen LogP contribution in [0.3, 0.4) is 0 Å². The van der Waals surface area contributed by atoms with Gasteiger partial charge < -0.3 is 24.4 Å². The van der Waals surface area contributed by atoms with Crippen molar-refractivity contribution in [1.82, 2.24) is 0 Å². The summed E-state index contributed by atoms with van der Waals surface area (Å²) in [5, 5.41) is 13.3. The number of benzene rings is 3. The number of esters is 1. The smallest absolute Gasteiger partial charge is 0.311 e. The average Bonchev–Trinajstić information content (AvgIpc) is 3.29. The zero-order valence-corrected chi connectivity index (χ0v) is 19.8. The topological polar surface area (TPSA) is 137 Å². The predicted octanol–water partition coefficient (Wildman–Crippen LogP) is 3.93. The molecule has 4 rings (SSSR count). The van der Waals surface area contributed by atoms with E-state index in [1.807, 2.05) is 12.1 Å². The van der Waals surface area contributed by atoms with Crippen molar-refractivity contribution in [2.75, 3.05) is 30.5 Å². The number of nitro benzene ring substituents is 1. The third-order valence-corrected chi connectivity index (χ3v) is 5.59. The quantitative estimate of drug-likeness (QED) is 0.262. The van der Waals surface area contributed by atoms with Crippen LogP contribution in [0.25, 0.3) is 0 Å². The van der Waals surface area contributed by atoms with Crippen LogP contribution in [0, 0.1) is 16.0 Å². The number of para-hydroxylation sites is 2. The van der Waals surface area contributed by atoms with E-state index in [0.717, 1.165) is 0 Å². The van der Waals surface area contributed by atoms with E-state index in [1.165, 1.54) is 29.2 Å². The van der Waals surface area contributed by atoms with Gasteiger partial charge in [0.2, 0.25) is 5.91 Å². The molecule has 11 heteroatoms. The standard InChI is InChI=1S/C26H23N3O8/c1-35-22-7-2-3-8-23(22)37-21-11-9-19(10-12-21)28-15-17(13-25(28)31)26(32)36-16-24(30)27-18-5-4-6-20(14-18)29(33)34/h2-12,14,17H,13,15-16H2,1H3,(H,27,30)/t17-/m0/s1. The fraction of sp³-hybridized carbons (Fsp3) is 0.192. The Bertz CT molecular complexity index is 1330. The number of rotatable bonds is 9. The first kappa shape index (κ1) is 25.2. The second kappa shape index (κ2) is 11.2. The first-order chi connectivity index (χ1) is 17.8. The van der Waals surface area contributed by atoms with Crippen molar-refractivity contribution in [3.8, 4) is 17.2 Å². The summed E-state index contributed by atoms with van der Waals surface area (Å²) in [6, 6.07) is 19.4. The first-order valence-electron chi connectivity index (χ1n) is 11.3. The van der Waals surface area contributed by atoms with E-state index in [0.29, 0.717) is 22.9 Å². The lowest BCUT2D eigenvalue weighted by molar-refractivity contribution is -0.384. The second-order valence-corrected chi connectivity index (χ2v) is 8.12. The number of ether oxygens (including phenoxy) is 3. The molecule has 0 aromatic heterocycles. The molecule has 0 saturated carbocycles. The van der Waals surface area contributed by atoms with Gasteiger partial charge in [-0.1, -0.05) is 18.2 Å². The van der Waals surface area contributed by atoms with Gasteiger partial charge in [0.25, 0.3) is 11.6 Å². The van der Waals surface area contributed by atoms with Gasteiger partial charge in [-0.15, -0.1) is 0 Å². The molecule has 11 nitrogen and oxygen atoms in total. The van der Waals surface area contributed by atoms with Crippen LogP contribution >= 0.6 is 0 Å².